The largest absolute Gasteiger partial charge is 0.468 e. The maximum atomic E-state index is 12.3. The van der Waals surface area contributed by atoms with Gasteiger partial charge in [0.2, 0.25) is 0 Å². The van der Waals surface area contributed by atoms with Crippen LogP contribution < -0.4 is 5.32 Å². The maximum absolute atomic E-state index is 12.3. The first kappa shape index (κ1) is 16.9. The number of rotatable bonds is 4. The van der Waals surface area contributed by atoms with E-state index < -0.39 is 0 Å². The van der Waals surface area contributed by atoms with Crippen LogP contribution in [0.25, 0.3) is 0 Å². The fraction of sp³-hybridized carbons (Fsp3) is 0.467. The summed E-state index contributed by atoms with van der Waals surface area (Å²) in [5, 5.41) is 2.78. The third-order valence-corrected chi connectivity index (χ3v) is 3.83. The molecule has 0 spiro atoms. The monoisotopic (exact) mass is 389 g/mol. The molecule has 4 nitrogen and oxygen atoms in total. The number of alkyl halides is 1. The lowest BCUT2D eigenvalue weighted by Gasteiger charge is -2.22. The molecule has 0 heterocycles. The number of ether oxygens (including phenoxy) is 1. The maximum Gasteiger partial charge on any atom is 0.320 e. The third kappa shape index (κ3) is 4.47. The number of nitrogens with one attached hydrogen (secondary N) is 1. The minimum atomic E-state index is -0.386. The zero-order valence-electron chi connectivity index (χ0n) is 12.2. The number of carbonyl (C=O) groups excluding carboxylic acids is 2. The number of hydrogen-bond acceptors (Lipinski definition) is 3. The van der Waals surface area contributed by atoms with Crippen LogP contribution in [-0.4, -0.2) is 29.5 Å². The van der Waals surface area contributed by atoms with Gasteiger partial charge >= 0.3 is 5.97 Å². The SMILES string of the molecule is COC(=O)C(I)CNC(=O)c1ccccc1C(C)(C)C. The molecule has 0 aliphatic carbocycles. The number of benzene rings is 1. The molecule has 0 bridgehead atoms. The highest BCUT2D eigenvalue weighted by Gasteiger charge is 2.22. The van der Waals surface area contributed by atoms with Gasteiger partial charge < -0.3 is 10.1 Å². The fourth-order valence-corrected chi connectivity index (χ4v) is 2.30. The molecule has 1 unspecified atom stereocenters. The zero-order chi connectivity index (χ0) is 15.3. The number of esters is 1. The lowest BCUT2D eigenvalue weighted by Crippen LogP contribution is -2.35. The molecule has 0 saturated carbocycles. The van der Waals surface area contributed by atoms with Gasteiger partial charge in [0.1, 0.15) is 3.92 Å². The van der Waals surface area contributed by atoms with Gasteiger partial charge in [-0.1, -0.05) is 61.6 Å². The van der Waals surface area contributed by atoms with Crippen LogP contribution in [0.1, 0.15) is 36.7 Å². The van der Waals surface area contributed by atoms with E-state index in [4.69, 9.17) is 0 Å². The second-order valence-electron chi connectivity index (χ2n) is 5.50. The summed E-state index contributed by atoms with van der Waals surface area (Å²) in [6, 6.07) is 7.52. The smallest absolute Gasteiger partial charge is 0.320 e. The van der Waals surface area contributed by atoms with Gasteiger partial charge in [-0.3, -0.25) is 9.59 Å². The van der Waals surface area contributed by atoms with Crippen LogP contribution in [0, 0.1) is 0 Å². The molecular formula is C15H20INO3. The third-order valence-electron chi connectivity index (χ3n) is 2.88. The minimum Gasteiger partial charge on any atom is -0.468 e. The number of methoxy groups -OCH3 is 1. The van der Waals surface area contributed by atoms with Gasteiger partial charge in [-0.25, -0.2) is 0 Å². The Morgan fingerprint density at radius 1 is 1.30 bits per heavy atom. The van der Waals surface area contributed by atoms with E-state index in [2.05, 4.69) is 30.8 Å². The van der Waals surface area contributed by atoms with Crippen molar-refractivity contribution in [3.63, 3.8) is 0 Å². The van der Waals surface area contributed by atoms with Crippen LogP contribution >= 0.6 is 22.6 Å². The predicted molar refractivity (Wildman–Crippen MR) is 87.3 cm³/mol. The minimum absolute atomic E-state index is 0.111. The van der Waals surface area contributed by atoms with Crippen molar-refractivity contribution in [2.45, 2.75) is 30.1 Å². The fourth-order valence-electron chi connectivity index (χ4n) is 1.82. The van der Waals surface area contributed by atoms with E-state index in [0.29, 0.717) is 5.56 Å². The second kappa shape index (κ2) is 7.06. The van der Waals surface area contributed by atoms with Gasteiger partial charge in [-0.15, -0.1) is 0 Å². The van der Waals surface area contributed by atoms with Crippen LogP contribution in [-0.2, 0) is 14.9 Å². The van der Waals surface area contributed by atoms with Crippen LogP contribution in [0.3, 0.4) is 0 Å². The van der Waals surface area contributed by atoms with Gasteiger partial charge in [0.05, 0.1) is 7.11 Å². The summed E-state index contributed by atoms with van der Waals surface area (Å²) in [7, 11) is 1.34. The van der Waals surface area contributed by atoms with E-state index in [0.717, 1.165) is 5.56 Å². The first-order chi connectivity index (χ1) is 9.27. The van der Waals surface area contributed by atoms with E-state index in [-0.39, 0.29) is 27.8 Å². The summed E-state index contributed by atoms with van der Waals surface area (Å²) in [5.74, 6) is -0.504. The van der Waals surface area contributed by atoms with Gasteiger partial charge in [-0.2, -0.15) is 0 Å². The molecule has 0 aliphatic heterocycles. The van der Waals surface area contributed by atoms with E-state index in [1.165, 1.54) is 7.11 Å². The van der Waals surface area contributed by atoms with Gasteiger partial charge in [0, 0.05) is 12.1 Å². The molecule has 20 heavy (non-hydrogen) atoms. The van der Waals surface area contributed by atoms with Crippen molar-refractivity contribution in [3.05, 3.63) is 35.4 Å². The van der Waals surface area contributed by atoms with Crippen LogP contribution in [0.2, 0.25) is 0 Å². The van der Waals surface area contributed by atoms with Gasteiger partial charge in [0.15, 0.2) is 0 Å². The summed E-state index contributed by atoms with van der Waals surface area (Å²) in [6.07, 6.45) is 0. The molecule has 1 N–H and O–H groups in total. The lowest BCUT2D eigenvalue weighted by atomic mass is 9.83. The second-order valence-corrected chi connectivity index (χ2v) is 7.00. The Kier molecular flexibility index (Phi) is 5.98. The highest BCUT2D eigenvalue weighted by molar-refractivity contribution is 14.1. The molecule has 0 radical (unpaired) electrons. The molecule has 1 amide bonds. The molecule has 1 rings (SSSR count). The molecule has 1 aromatic rings. The summed E-state index contributed by atoms with van der Waals surface area (Å²) in [6.45, 7) is 6.45. The Balaban J connectivity index is 2.81. The molecule has 0 fully saturated rings. The highest BCUT2D eigenvalue weighted by Crippen LogP contribution is 2.25. The zero-order valence-corrected chi connectivity index (χ0v) is 14.4. The summed E-state index contributed by atoms with van der Waals surface area (Å²) >= 11 is 1.96. The van der Waals surface area contributed by atoms with E-state index >= 15 is 0 Å². The first-order valence-electron chi connectivity index (χ1n) is 6.37. The van der Waals surface area contributed by atoms with Crippen molar-refractivity contribution in [2.75, 3.05) is 13.7 Å². The molecule has 1 aromatic carbocycles. The van der Waals surface area contributed by atoms with Crippen LogP contribution in [0.5, 0.6) is 0 Å². The molecule has 5 heteroatoms. The van der Waals surface area contributed by atoms with Crippen molar-refractivity contribution in [1.82, 2.24) is 5.32 Å². The highest BCUT2D eigenvalue weighted by atomic mass is 127. The molecule has 0 aliphatic rings. The summed E-state index contributed by atoms with van der Waals surface area (Å²) in [5.41, 5.74) is 1.52. The van der Waals surface area contributed by atoms with E-state index in [1.54, 1.807) is 6.07 Å². The van der Waals surface area contributed by atoms with E-state index in [1.807, 2.05) is 40.8 Å². The Labute approximate surface area is 133 Å². The Morgan fingerprint density at radius 3 is 2.45 bits per heavy atom. The number of amides is 1. The molecular weight excluding hydrogens is 369 g/mol. The lowest BCUT2D eigenvalue weighted by molar-refractivity contribution is -0.139. The van der Waals surface area contributed by atoms with Crippen molar-refractivity contribution < 1.29 is 14.3 Å². The number of carbonyl (C=O) groups is 2. The average Bonchev–Trinajstić information content (AvgIpc) is 2.42. The van der Waals surface area contributed by atoms with Crippen LogP contribution in [0.4, 0.5) is 0 Å². The summed E-state index contributed by atoms with van der Waals surface area (Å²) < 4.78 is 4.24. The van der Waals surface area contributed by atoms with Crippen LogP contribution in [0.15, 0.2) is 24.3 Å². The molecule has 1 atom stereocenters. The molecule has 0 aromatic heterocycles. The van der Waals surface area contributed by atoms with Crippen molar-refractivity contribution in [2.24, 2.45) is 0 Å². The van der Waals surface area contributed by atoms with Crippen molar-refractivity contribution in [3.8, 4) is 0 Å². The van der Waals surface area contributed by atoms with E-state index in [9.17, 15) is 9.59 Å². The standard InChI is InChI=1S/C15H20INO3/c1-15(2,3)11-8-6-5-7-10(11)13(18)17-9-12(16)14(19)20-4/h5-8,12H,9H2,1-4H3,(H,17,18). The number of halogens is 1. The average molecular weight is 389 g/mol. The van der Waals surface area contributed by atoms with Crippen molar-refractivity contribution >= 4 is 34.5 Å². The quantitative estimate of drug-likeness (QED) is 0.490. The van der Waals surface area contributed by atoms with Gasteiger partial charge in [0.25, 0.3) is 5.91 Å². The first-order valence-corrected chi connectivity index (χ1v) is 7.61. The Bertz CT molecular complexity index is 494. The summed E-state index contributed by atoms with van der Waals surface area (Å²) in [4.78, 5) is 23.6. The van der Waals surface area contributed by atoms with Gasteiger partial charge in [-0.05, 0) is 17.0 Å². The Morgan fingerprint density at radius 2 is 1.90 bits per heavy atom. The normalized spacial score (nSPS) is 12.7. The molecule has 110 valence electrons. The topological polar surface area (TPSA) is 55.4 Å². The predicted octanol–water partition coefficient (Wildman–Crippen LogP) is 2.69. The number of hydrogen-bond donors (Lipinski definition) is 1. The Hall–Kier alpha value is -1.11. The van der Waals surface area contributed by atoms with Crippen molar-refractivity contribution in [1.29, 1.82) is 0 Å². The molecule has 0 saturated heterocycles.